The number of ether oxygens (including phenoxy) is 1. The average Bonchev–Trinajstić information content (AvgIpc) is 2.33. The first-order chi connectivity index (χ1) is 9.05. The van der Waals surface area contributed by atoms with Crippen molar-refractivity contribution >= 4 is 0 Å². The maximum Gasteiger partial charge on any atom is 0.434 e. The third-order valence-corrected chi connectivity index (χ3v) is 2.60. The molecule has 1 aromatic carbocycles. The lowest BCUT2D eigenvalue weighted by atomic mass is 10.1. The third-order valence-electron chi connectivity index (χ3n) is 2.60. The third kappa shape index (κ3) is 4.29. The number of rotatable bonds is 4. The van der Waals surface area contributed by atoms with Crippen LogP contribution in [0.5, 0.6) is 5.75 Å². The summed E-state index contributed by atoms with van der Waals surface area (Å²) in [5.74, 6) is -0.517. The molecule has 0 saturated carbocycles. The summed E-state index contributed by atoms with van der Waals surface area (Å²) in [4.78, 5) is 0. The molecule has 0 spiro atoms. The summed E-state index contributed by atoms with van der Waals surface area (Å²) in [6.45, 7) is 1.80. The Morgan fingerprint density at radius 2 is 1.45 bits per heavy atom. The number of alkyl halides is 6. The number of hydrogen-bond acceptors (Lipinski definition) is 2. The van der Waals surface area contributed by atoms with Gasteiger partial charge in [-0.3, -0.25) is 0 Å². The van der Waals surface area contributed by atoms with E-state index in [0.29, 0.717) is 12.0 Å². The fourth-order valence-corrected chi connectivity index (χ4v) is 1.48. The first kappa shape index (κ1) is 16.6. The highest BCUT2D eigenvalue weighted by Gasteiger charge is 2.59. The topological polar surface area (TPSA) is 35.2 Å². The predicted octanol–water partition coefficient (Wildman–Crippen LogP) is 3.97. The van der Waals surface area contributed by atoms with E-state index < -0.39 is 24.2 Å². The van der Waals surface area contributed by atoms with Gasteiger partial charge in [-0.15, -0.1) is 0 Å². The van der Waals surface area contributed by atoms with Crippen LogP contribution in [-0.4, -0.2) is 18.5 Å². The van der Waals surface area contributed by atoms with Gasteiger partial charge in [-0.2, -0.15) is 26.3 Å². The summed E-state index contributed by atoms with van der Waals surface area (Å²) in [5.41, 5.74) is 6.29. The summed E-state index contributed by atoms with van der Waals surface area (Å²) in [5, 5.41) is 0. The minimum absolute atomic E-state index is 0.329. The SMILES string of the molecule is CC[C@H](N)c1ccc(OC(C(F)(F)F)C(F)(F)F)cc1. The lowest BCUT2D eigenvalue weighted by Gasteiger charge is -2.24. The summed E-state index contributed by atoms with van der Waals surface area (Å²) < 4.78 is 77.8. The van der Waals surface area contributed by atoms with Gasteiger partial charge in [0.1, 0.15) is 5.75 Å². The molecule has 0 unspecified atom stereocenters. The molecule has 0 saturated heterocycles. The van der Waals surface area contributed by atoms with E-state index in [9.17, 15) is 26.3 Å². The molecule has 0 aliphatic heterocycles. The zero-order valence-electron chi connectivity index (χ0n) is 10.4. The standard InChI is InChI=1S/C12H13F6NO/c1-2-9(19)7-3-5-8(6-4-7)20-10(11(13,14)15)12(16,17)18/h3-6,9-10H,2,19H2,1H3/t9-/m0/s1. The molecule has 0 aromatic heterocycles. The lowest BCUT2D eigenvalue weighted by Crippen LogP contribution is -2.46. The minimum atomic E-state index is -5.53. The van der Waals surface area contributed by atoms with Crippen LogP contribution in [0.15, 0.2) is 24.3 Å². The molecule has 0 heterocycles. The highest BCUT2D eigenvalue weighted by Crippen LogP contribution is 2.36. The van der Waals surface area contributed by atoms with Gasteiger partial charge < -0.3 is 10.5 Å². The van der Waals surface area contributed by atoms with Gasteiger partial charge in [0.15, 0.2) is 0 Å². The van der Waals surface area contributed by atoms with Crippen LogP contribution in [0.25, 0.3) is 0 Å². The van der Waals surface area contributed by atoms with Gasteiger partial charge in [0, 0.05) is 6.04 Å². The highest BCUT2D eigenvalue weighted by atomic mass is 19.4. The van der Waals surface area contributed by atoms with Crippen molar-refractivity contribution < 1.29 is 31.1 Å². The average molecular weight is 301 g/mol. The molecule has 1 atom stereocenters. The van der Waals surface area contributed by atoms with Crippen LogP contribution in [0.4, 0.5) is 26.3 Å². The Bertz CT molecular complexity index is 411. The second kappa shape index (κ2) is 5.90. The molecule has 20 heavy (non-hydrogen) atoms. The molecule has 2 N–H and O–H groups in total. The number of nitrogens with two attached hydrogens (primary N) is 1. The molecule has 0 amide bonds. The van der Waals surface area contributed by atoms with E-state index in [1.54, 1.807) is 6.92 Å². The Kier molecular flexibility index (Phi) is 4.90. The van der Waals surface area contributed by atoms with E-state index in [-0.39, 0.29) is 6.04 Å². The number of halogens is 6. The van der Waals surface area contributed by atoms with Crippen LogP contribution in [0, 0.1) is 0 Å². The predicted molar refractivity (Wildman–Crippen MR) is 60.2 cm³/mol. The van der Waals surface area contributed by atoms with Crippen LogP contribution >= 0.6 is 0 Å². The normalized spacial score (nSPS) is 14.4. The van der Waals surface area contributed by atoms with E-state index in [1.165, 1.54) is 12.1 Å². The molecule has 114 valence electrons. The van der Waals surface area contributed by atoms with Gasteiger partial charge in [0.05, 0.1) is 0 Å². The van der Waals surface area contributed by atoms with Crippen molar-refractivity contribution in [3.8, 4) is 5.75 Å². The van der Waals surface area contributed by atoms with Gasteiger partial charge in [0.25, 0.3) is 6.10 Å². The van der Waals surface area contributed by atoms with Crippen molar-refractivity contribution in [2.75, 3.05) is 0 Å². The highest BCUT2D eigenvalue weighted by molar-refractivity contribution is 5.29. The molecule has 0 radical (unpaired) electrons. The smallest absolute Gasteiger partial charge is 0.434 e. The van der Waals surface area contributed by atoms with E-state index in [0.717, 1.165) is 12.1 Å². The fourth-order valence-electron chi connectivity index (χ4n) is 1.48. The Hall–Kier alpha value is -1.44. The molecule has 2 nitrogen and oxygen atoms in total. The molecule has 8 heteroatoms. The summed E-state index contributed by atoms with van der Waals surface area (Å²) >= 11 is 0. The molecule has 1 rings (SSSR count). The fraction of sp³-hybridized carbons (Fsp3) is 0.500. The van der Waals surface area contributed by atoms with E-state index in [2.05, 4.69) is 4.74 Å². The maximum atomic E-state index is 12.3. The summed E-state index contributed by atoms with van der Waals surface area (Å²) in [6, 6.07) is 4.43. The largest absolute Gasteiger partial charge is 0.471 e. The quantitative estimate of drug-likeness (QED) is 0.854. The summed E-state index contributed by atoms with van der Waals surface area (Å²) in [7, 11) is 0. The molecular weight excluding hydrogens is 288 g/mol. The van der Waals surface area contributed by atoms with Gasteiger partial charge >= 0.3 is 12.4 Å². The van der Waals surface area contributed by atoms with Crippen LogP contribution in [0.2, 0.25) is 0 Å². The summed E-state index contributed by atoms with van der Waals surface area (Å²) in [6.07, 6.45) is -14.3. The molecule has 1 aromatic rings. The minimum Gasteiger partial charge on any atom is -0.471 e. The Balaban J connectivity index is 2.90. The lowest BCUT2D eigenvalue weighted by molar-refractivity contribution is -0.299. The van der Waals surface area contributed by atoms with Gasteiger partial charge in [-0.05, 0) is 24.1 Å². The van der Waals surface area contributed by atoms with E-state index in [1.807, 2.05) is 0 Å². The Labute approximate surface area is 111 Å². The maximum absolute atomic E-state index is 12.3. The van der Waals surface area contributed by atoms with E-state index in [4.69, 9.17) is 5.73 Å². The van der Waals surface area contributed by atoms with Crippen LogP contribution < -0.4 is 10.5 Å². The molecule has 0 fully saturated rings. The van der Waals surface area contributed by atoms with Crippen molar-refractivity contribution in [2.45, 2.75) is 37.8 Å². The Morgan fingerprint density at radius 3 is 1.80 bits per heavy atom. The van der Waals surface area contributed by atoms with Crippen LogP contribution in [0.3, 0.4) is 0 Å². The van der Waals surface area contributed by atoms with Crippen LogP contribution in [-0.2, 0) is 0 Å². The first-order valence-electron chi connectivity index (χ1n) is 5.71. The first-order valence-corrected chi connectivity index (χ1v) is 5.71. The van der Waals surface area contributed by atoms with Gasteiger partial charge in [0.2, 0.25) is 0 Å². The van der Waals surface area contributed by atoms with Crippen molar-refractivity contribution in [1.29, 1.82) is 0 Å². The molecule has 0 bridgehead atoms. The second-order valence-electron chi connectivity index (χ2n) is 4.16. The number of benzene rings is 1. The zero-order chi connectivity index (χ0) is 15.6. The monoisotopic (exact) mass is 301 g/mol. The van der Waals surface area contributed by atoms with Crippen molar-refractivity contribution in [3.63, 3.8) is 0 Å². The molecule has 0 aliphatic rings. The second-order valence-corrected chi connectivity index (χ2v) is 4.16. The number of hydrogen-bond donors (Lipinski definition) is 1. The van der Waals surface area contributed by atoms with Gasteiger partial charge in [-0.1, -0.05) is 19.1 Å². The van der Waals surface area contributed by atoms with Crippen molar-refractivity contribution in [1.82, 2.24) is 0 Å². The molecular formula is C12H13F6NO. The van der Waals surface area contributed by atoms with Gasteiger partial charge in [-0.25, -0.2) is 0 Å². The zero-order valence-corrected chi connectivity index (χ0v) is 10.4. The van der Waals surface area contributed by atoms with Crippen molar-refractivity contribution in [3.05, 3.63) is 29.8 Å². The molecule has 0 aliphatic carbocycles. The van der Waals surface area contributed by atoms with Crippen molar-refractivity contribution in [2.24, 2.45) is 5.73 Å². The van der Waals surface area contributed by atoms with Crippen LogP contribution in [0.1, 0.15) is 24.9 Å². The van der Waals surface area contributed by atoms with E-state index >= 15 is 0 Å². The Morgan fingerprint density at radius 1 is 1.00 bits per heavy atom.